The average molecular weight is 495 g/mol. The van der Waals surface area contributed by atoms with Gasteiger partial charge in [-0.25, -0.2) is 0 Å². The molecule has 4 aromatic rings. The molecule has 6 rings (SSSR count). The minimum Gasteiger partial charge on any atom is -0.144 e. The Kier molecular flexibility index (Phi) is 5.39. The minimum absolute atomic E-state index is 1.34. The molecule has 2 aromatic carbocycles. The summed E-state index contributed by atoms with van der Waals surface area (Å²) in [7, 11) is 0. The van der Waals surface area contributed by atoms with Gasteiger partial charge < -0.3 is 0 Å². The summed E-state index contributed by atoms with van der Waals surface area (Å²) < 4.78 is 2.71. The molecule has 0 aliphatic carbocycles. The lowest BCUT2D eigenvalue weighted by Gasteiger charge is -2.02. The van der Waals surface area contributed by atoms with Gasteiger partial charge >= 0.3 is 0 Å². The van der Waals surface area contributed by atoms with E-state index in [9.17, 15) is 0 Å². The molecule has 0 bridgehead atoms. The second-order valence-corrected chi connectivity index (χ2v) is 13.4. The summed E-state index contributed by atoms with van der Waals surface area (Å²) in [5, 5.41) is 4.42. The highest BCUT2D eigenvalue weighted by atomic mass is 32.2. The third kappa shape index (κ3) is 3.74. The summed E-state index contributed by atoms with van der Waals surface area (Å²) in [6.07, 6.45) is 4.72. The van der Waals surface area contributed by atoms with Crippen LogP contribution >= 0.6 is 69.7 Å². The Balaban J connectivity index is 1.31. The van der Waals surface area contributed by atoms with Gasteiger partial charge in [0.15, 0.2) is 0 Å². The van der Waals surface area contributed by atoms with E-state index in [1.54, 1.807) is 0 Å². The maximum atomic E-state index is 2.36. The van der Waals surface area contributed by atoms with Gasteiger partial charge in [-0.05, 0) is 59.3 Å². The van der Waals surface area contributed by atoms with Crippen LogP contribution in [0.3, 0.4) is 0 Å². The highest BCUT2D eigenvalue weighted by Crippen LogP contribution is 2.53. The first kappa shape index (κ1) is 19.4. The van der Waals surface area contributed by atoms with E-state index in [4.69, 9.17) is 0 Å². The highest BCUT2D eigenvalue weighted by molar-refractivity contribution is 8.25. The predicted octanol–water partition coefficient (Wildman–Crippen LogP) is 9.87. The first-order valence-corrected chi connectivity index (χ1v) is 14.3. The van der Waals surface area contributed by atoms with E-state index >= 15 is 0 Å². The summed E-state index contributed by atoms with van der Waals surface area (Å²) in [5.74, 6) is 0. The number of hydrogen-bond donors (Lipinski definition) is 0. The minimum atomic E-state index is 1.34. The molecule has 6 heteroatoms. The van der Waals surface area contributed by atoms with E-state index in [2.05, 4.69) is 83.6 Å². The van der Waals surface area contributed by atoms with Gasteiger partial charge in [-0.2, -0.15) is 0 Å². The predicted molar refractivity (Wildman–Crippen MR) is 140 cm³/mol. The smallest absolute Gasteiger partial charge is 0.0513 e. The topological polar surface area (TPSA) is 0 Å². The van der Waals surface area contributed by atoms with Gasteiger partial charge in [0, 0.05) is 40.5 Å². The molecule has 0 saturated carbocycles. The Bertz CT molecular complexity index is 1150. The molecule has 0 spiro atoms. The van der Waals surface area contributed by atoms with Crippen LogP contribution in [-0.4, -0.2) is 0 Å². The average Bonchev–Trinajstić information content (AvgIpc) is 3.53. The van der Waals surface area contributed by atoms with Gasteiger partial charge in [-0.3, -0.25) is 0 Å². The van der Waals surface area contributed by atoms with E-state index in [-0.39, 0.29) is 0 Å². The highest BCUT2D eigenvalue weighted by Gasteiger charge is 2.20. The molecule has 2 aliphatic heterocycles. The zero-order chi connectivity index (χ0) is 19.9. The fourth-order valence-corrected chi connectivity index (χ4v) is 10.1. The zero-order valence-corrected chi connectivity index (χ0v) is 20.4. The van der Waals surface area contributed by atoms with Crippen LogP contribution in [0.4, 0.5) is 0 Å². The zero-order valence-electron chi connectivity index (χ0n) is 15.5. The fraction of sp³-hybridized carbons (Fsp3) is 0. The van der Waals surface area contributed by atoms with Crippen molar-refractivity contribution in [3.63, 3.8) is 0 Å². The molecule has 2 aliphatic rings. The van der Waals surface area contributed by atoms with Crippen molar-refractivity contribution in [3.05, 3.63) is 89.7 Å². The van der Waals surface area contributed by atoms with Crippen molar-refractivity contribution in [1.82, 2.24) is 0 Å². The first-order valence-electron chi connectivity index (χ1n) is 9.32. The molecule has 0 amide bonds. The van der Waals surface area contributed by atoms with E-state index in [1.807, 2.05) is 69.7 Å². The molecule has 0 saturated heterocycles. The van der Waals surface area contributed by atoms with Crippen molar-refractivity contribution in [2.24, 2.45) is 0 Å². The molecule has 0 N–H and O–H groups in total. The number of benzene rings is 2. The third-order valence-corrected chi connectivity index (χ3v) is 11.3. The summed E-state index contributed by atoms with van der Waals surface area (Å²) in [4.78, 5) is 8.13. The fourth-order valence-electron chi connectivity index (χ4n) is 3.36. The Morgan fingerprint density at radius 1 is 0.467 bits per heavy atom. The van der Waals surface area contributed by atoms with Gasteiger partial charge in [0.05, 0.1) is 8.47 Å². The van der Waals surface area contributed by atoms with Crippen molar-refractivity contribution in [2.45, 2.75) is 19.6 Å². The van der Waals surface area contributed by atoms with Gasteiger partial charge in [0.25, 0.3) is 0 Å². The largest absolute Gasteiger partial charge is 0.144 e. The van der Waals surface area contributed by atoms with E-state index in [0.717, 1.165) is 0 Å². The maximum Gasteiger partial charge on any atom is 0.0513 e. The van der Waals surface area contributed by atoms with Crippen molar-refractivity contribution in [2.75, 3.05) is 0 Å². The molecule has 0 unspecified atom stereocenters. The van der Waals surface area contributed by atoms with Crippen LogP contribution < -0.4 is 0 Å². The van der Waals surface area contributed by atoms with Crippen molar-refractivity contribution < 1.29 is 0 Å². The molecule has 30 heavy (non-hydrogen) atoms. The van der Waals surface area contributed by atoms with Gasteiger partial charge in [-0.15, -0.1) is 22.7 Å². The molecular weight excluding hydrogens is 481 g/mol. The Morgan fingerprint density at radius 3 is 1.20 bits per heavy atom. The molecule has 146 valence electrons. The normalized spacial score (nSPS) is 14.7. The second-order valence-electron chi connectivity index (χ2n) is 6.63. The molecular formula is C24H14S6. The quantitative estimate of drug-likeness (QED) is 0.278. The summed E-state index contributed by atoms with van der Waals surface area (Å²) in [6.45, 7) is 0. The molecule has 0 radical (unpaired) electrons. The van der Waals surface area contributed by atoms with Crippen molar-refractivity contribution in [1.29, 1.82) is 0 Å². The number of thiophene rings is 2. The van der Waals surface area contributed by atoms with Crippen LogP contribution in [0.15, 0.2) is 99.5 Å². The van der Waals surface area contributed by atoms with Crippen LogP contribution in [0, 0.1) is 0 Å². The second kappa shape index (κ2) is 8.34. The van der Waals surface area contributed by atoms with Crippen LogP contribution in [0.2, 0.25) is 0 Å². The van der Waals surface area contributed by atoms with Gasteiger partial charge in [0.2, 0.25) is 0 Å². The summed E-state index contributed by atoms with van der Waals surface area (Å²) >= 11 is 11.2. The number of hydrogen-bond acceptors (Lipinski definition) is 6. The SMILES string of the molecule is C(=C1Sc2ccccc2S1)c1sccc1-c1ccsc1C=C1Sc2ccccc2S1. The van der Waals surface area contributed by atoms with Gasteiger partial charge in [0.1, 0.15) is 0 Å². The van der Waals surface area contributed by atoms with Crippen LogP contribution in [-0.2, 0) is 0 Å². The lowest BCUT2D eigenvalue weighted by atomic mass is 10.1. The monoisotopic (exact) mass is 494 g/mol. The Hall–Kier alpha value is -1.28. The van der Waals surface area contributed by atoms with Crippen LogP contribution in [0.5, 0.6) is 0 Å². The Morgan fingerprint density at radius 2 is 0.833 bits per heavy atom. The lowest BCUT2D eigenvalue weighted by molar-refractivity contribution is 1.27. The lowest BCUT2D eigenvalue weighted by Crippen LogP contribution is -1.77. The molecule has 2 aromatic heterocycles. The molecule has 0 nitrogen and oxygen atoms in total. The van der Waals surface area contributed by atoms with Crippen LogP contribution in [0.25, 0.3) is 23.3 Å². The van der Waals surface area contributed by atoms with Crippen molar-refractivity contribution in [3.8, 4) is 11.1 Å². The first-order chi connectivity index (χ1) is 14.8. The molecule has 0 atom stereocenters. The molecule has 4 heterocycles. The number of thioether (sulfide) groups is 4. The van der Waals surface area contributed by atoms with Crippen LogP contribution in [0.1, 0.15) is 9.75 Å². The van der Waals surface area contributed by atoms with E-state index in [1.165, 1.54) is 48.9 Å². The number of fused-ring (bicyclic) bond motifs is 2. The summed E-state index contributed by atoms with van der Waals surface area (Å²) in [5.41, 5.74) is 2.67. The standard InChI is InChI=1S/C24H14S6/c1-2-6-18-17(5-1)27-23(28-18)13-21-15(9-11-25-21)16-10-12-26-22(16)14-24-29-19-7-3-4-8-20(19)30-24/h1-14H. The summed E-state index contributed by atoms with van der Waals surface area (Å²) in [6, 6.07) is 21.8. The maximum absolute atomic E-state index is 2.36. The number of rotatable bonds is 3. The third-order valence-electron chi connectivity index (χ3n) is 4.72. The molecule has 0 fully saturated rings. The van der Waals surface area contributed by atoms with Crippen molar-refractivity contribution >= 4 is 81.9 Å². The Labute approximate surface area is 200 Å². The van der Waals surface area contributed by atoms with E-state index < -0.39 is 0 Å². The van der Waals surface area contributed by atoms with Gasteiger partial charge in [-0.1, -0.05) is 71.3 Å². The van der Waals surface area contributed by atoms with E-state index in [0.29, 0.717) is 0 Å².